The first-order chi connectivity index (χ1) is 9.27. The normalized spacial score (nSPS) is 19.4. The maximum atomic E-state index is 12.9. The van der Waals surface area contributed by atoms with Gasteiger partial charge in [-0.3, -0.25) is 9.69 Å². The van der Waals surface area contributed by atoms with Crippen LogP contribution in [0.5, 0.6) is 0 Å². The molecule has 1 heterocycles. The third-order valence-corrected chi connectivity index (χ3v) is 3.37. The van der Waals surface area contributed by atoms with E-state index in [2.05, 4.69) is 5.32 Å². The summed E-state index contributed by atoms with van der Waals surface area (Å²) in [6, 6.07) is 0. The van der Waals surface area contributed by atoms with Crippen LogP contribution >= 0.6 is 0 Å². The molecule has 8 heteroatoms. The molecule has 0 saturated carbocycles. The zero-order chi connectivity index (χ0) is 15.3. The van der Waals surface area contributed by atoms with E-state index in [1.165, 1.54) is 4.90 Å². The van der Waals surface area contributed by atoms with Crippen molar-refractivity contribution in [1.29, 1.82) is 0 Å². The molecule has 1 rings (SSSR count). The number of hydrogen-bond donors (Lipinski definition) is 1. The van der Waals surface area contributed by atoms with E-state index in [1.807, 2.05) is 0 Å². The van der Waals surface area contributed by atoms with Gasteiger partial charge in [0, 0.05) is 38.6 Å². The quantitative estimate of drug-likeness (QED) is 0.740. The minimum absolute atomic E-state index is 0.0420. The average molecular weight is 299 g/mol. The lowest BCUT2D eigenvalue weighted by Crippen LogP contribution is -2.54. The van der Waals surface area contributed by atoms with Gasteiger partial charge in [-0.2, -0.15) is 8.78 Å². The minimum Gasteiger partial charge on any atom is -0.340 e. The lowest BCUT2D eigenvalue weighted by atomic mass is 10.1. The molecule has 20 heavy (non-hydrogen) atoms. The van der Waals surface area contributed by atoms with Gasteiger partial charge in [-0.15, -0.1) is 0 Å². The first-order valence-corrected chi connectivity index (χ1v) is 6.59. The third kappa shape index (κ3) is 4.59. The van der Waals surface area contributed by atoms with Gasteiger partial charge in [0.15, 0.2) is 0 Å². The highest BCUT2D eigenvalue weighted by Crippen LogP contribution is 2.24. The maximum Gasteiger partial charge on any atom is 0.319 e. The summed E-state index contributed by atoms with van der Waals surface area (Å²) in [5, 5.41) is 2.90. The van der Waals surface area contributed by atoms with E-state index in [4.69, 9.17) is 0 Å². The lowest BCUT2D eigenvalue weighted by Gasteiger charge is -2.37. The van der Waals surface area contributed by atoms with Crippen LogP contribution in [0.15, 0.2) is 0 Å². The van der Waals surface area contributed by atoms with Gasteiger partial charge in [-0.25, -0.2) is 8.78 Å². The van der Waals surface area contributed by atoms with E-state index in [-0.39, 0.29) is 24.9 Å². The summed E-state index contributed by atoms with van der Waals surface area (Å²) in [6.45, 7) is 2.36. The molecule has 0 radical (unpaired) electrons. The van der Waals surface area contributed by atoms with Crippen molar-refractivity contribution in [2.75, 3.05) is 46.3 Å². The molecule has 1 unspecified atom stereocenters. The Morgan fingerprint density at radius 1 is 1.25 bits per heavy atom. The van der Waals surface area contributed by atoms with Gasteiger partial charge >= 0.3 is 12.3 Å². The number of carbonyl (C=O) groups is 1. The number of halogens is 4. The highest BCUT2D eigenvalue weighted by molar-refractivity contribution is 5.78. The Morgan fingerprint density at radius 2 is 1.80 bits per heavy atom. The maximum absolute atomic E-state index is 12.9. The van der Waals surface area contributed by atoms with Crippen molar-refractivity contribution >= 4 is 5.91 Å². The Kier molecular flexibility index (Phi) is 6.19. The monoisotopic (exact) mass is 299 g/mol. The molecule has 0 spiro atoms. The topological polar surface area (TPSA) is 35.6 Å². The van der Waals surface area contributed by atoms with Gasteiger partial charge in [0.25, 0.3) is 0 Å². The number of nitrogens with one attached hydrogen (secondary N) is 1. The molecular formula is C12H21F4N3O. The van der Waals surface area contributed by atoms with Gasteiger partial charge in [-0.05, 0) is 7.05 Å². The number of hydrogen-bond acceptors (Lipinski definition) is 3. The van der Waals surface area contributed by atoms with Crippen LogP contribution < -0.4 is 5.32 Å². The van der Waals surface area contributed by atoms with Crippen LogP contribution in [0.3, 0.4) is 0 Å². The second-order valence-corrected chi connectivity index (χ2v) is 5.12. The van der Waals surface area contributed by atoms with Crippen molar-refractivity contribution in [3.63, 3.8) is 0 Å². The molecule has 118 valence electrons. The van der Waals surface area contributed by atoms with Crippen molar-refractivity contribution < 1.29 is 22.4 Å². The summed E-state index contributed by atoms with van der Waals surface area (Å²) in [5.41, 5.74) is 0. The van der Waals surface area contributed by atoms with Gasteiger partial charge < -0.3 is 10.2 Å². The summed E-state index contributed by atoms with van der Waals surface area (Å²) >= 11 is 0. The molecule has 0 aromatic rings. The number of piperazine rings is 1. The van der Waals surface area contributed by atoms with Crippen molar-refractivity contribution in [3.05, 3.63) is 0 Å². The van der Waals surface area contributed by atoms with Crippen LogP contribution in [0, 0.1) is 5.92 Å². The zero-order valence-electron chi connectivity index (χ0n) is 11.7. The van der Waals surface area contributed by atoms with Crippen LogP contribution in [0.4, 0.5) is 17.6 Å². The molecule has 1 aliphatic heterocycles. The fourth-order valence-corrected chi connectivity index (χ4v) is 2.20. The summed E-state index contributed by atoms with van der Waals surface area (Å²) in [7, 11) is 1.74. The van der Waals surface area contributed by atoms with Gasteiger partial charge in [0.2, 0.25) is 5.91 Å². The molecule has 4 nitrogen and oxygen atoms in total. The predicted molar refractivity (Wildman–Crippen MR) is 67.1 cm³/mol. The van der Waals surface area contributed by atoms with E-state index in [0.29, 0.717) is 19.6 Å². The van der Waals surface area contributed by atoms with Crippen LogP contribution in [0.25, 0.3) is 0 Å². The standard InChI is InChI=1S/C12H21F4N3O/c1-9(7-17-2)10(20)19-5-3-18(4-6-19)8-12(15,16)11(13)14/h9,11,17H,3-8H2,1-2H3. The van der Waals surface area contributed by atoms with Crippen molar-refractivity contribution in [2.45, 2.75) is 19.3 Å². The second-order valence-electron chi connectivity index (χ2n) is 5.12. The summed E-state index contributed by atoms with van der Waals surface area (Å²) < 4.78 is 50.1. The number of amides is 1. The molecule has 1 amide bonds. The minimum atomic E-state index is -3.99. The number of alkyl halides is 4. The Balaban J connectivity index is 2.42. The van der Waals surface area contributed by atoms with E-state index in [1.54, 1.807) is 18.9 Å². The van der Waals surface area contributed by atoms with E-state index >= 15 is 0 Å². The number of rotatable bonds is 6. The molecular weight excluding hydrogens is 278 g/mol. The van der Waals surface area contributed by atoms with Crippen molar-refractivity contribution in [2.24, 2.45) is 5.92 Å². The smallest absolute Gasteiger partial charge is 0.319 e. The summed E-state index contributed by atoms with van der Waals surface area (Å²) in [5.74, 6) is -4.22. The van der Waals surface area contributed by atoms with Crippen LogP contribution in [0.1, 0.15) is 6.92 Å². The third-order valence-electron chi connectivity index (χ3n) is 3.37. The fourth-order valence-electron chi connectivity index (χ4n) is 2.20. The number of carbonyl (C=O) groups excluding carboxylic acids is 1. The lowest BCUT2D eigenvalue weighted by molar-refractivity contribution is -0.149. The highest BCUT2D eigenvalue weighted by Gasteiger charge is 2.42. The largest absolute Gasteiger partial charge is 0.340 e. The summed E-state index contributed by atoms with van der Waals surface area (Å²) in [4.78, 5) is 14.9. The molecule has 1 aliphatic rings. The van der Waals surface area contributed by atoms with E-state index in [0.717, 1.165) is 0 Å². The first-order valence-electron chi connectivity index (χ1n) is 6.59. The molecule has 0 aromatic carbocycles. The van der Waals surface area contributed by atoms with Crippen molar-refractivity contribution in [1.82, 2.24) is 15.1 Å². The van der Waals surface area contributed by atoms with Gasteiger partial charge in [0.1, 0.15) is 0 Å². The Hall–Kier alpha value is -0.890. The summed E-state index contributed by atoms with van der Waals surface area (Å²) in [6.07, 6.45) is -3.65. The van der Waals surface area contributed by atoms with Gasteiger partial charge in [-0.1, -0.05) is 6.92 Å². The molecule has 0 aliphatic carbocycles. The molecule has 1 fully saturated rings. The van der Waals surface area contributed by atoms with Crippen LogP contribution in [-0.2, 0) is 4.79 Å². The highest BCUT2D eigenvalue weighted by atomic mass is 19.3. The average Bonchev–Trinajstić information content (AvgIpc) is 2.38. The van der Waals surface area contributed by atoms with Crippen LogP contribution in [0.2, 0.25) is 0 Å². The van der Waals surface area contributed by atoms with Crippen LogP contribution in [-0.4, -0.2) is 74.4 Å². The SMILES string of the molecule is CNCC(C)C(=O)N1CCN(CC(F)(F)C(F)F)CC1. The Morgan fingerprint density at radius 3 is 2.25 bits per heavy atom. The Labute approximate surface area is 116 Å². The van der Waals surface area contributed by atoms with Gasteiger partial charge in [0.05, 0.1) is 6.54 Å². The predicted octanol–water partition coefficient (Wildman–Crippen LogP) is 0.886. The second kappa shape index (κ2) is 7.21. The van der Waals surface area contributed by atoms with E-state index < -0.39 is 18.9 Å². The van der Waals surface area contributed by atoms with E-state index in [9.17, 15) is 22.4 Å². The molecule has 1 atom stereocenters. The van der Waals surface area contributed by atoms with Crippen molar-refractivity contribution in [3.8, 4) is 0 Å². The molecule has 1 saturated heterocycles. The molecule has 0 bridgehead atoms. The Bertz CT molecular complexity index is 320. The molecule has 1 N–H and O–H groups in total. The zero-order valence-corrected chi connectivity index (χ0v) is 11.7. The number of nitrogens with zero attached hydrogens (tertiary/aromatic N) is 2. The molecule has 0 aromatic heterocycles. The first kappa shape index (κ1) is 17.2. The fraction of sp³-hybridized carbons (Fsp3) is 0.917.